The van der Waals surface area contributed by atoms with Crippen molar-refractivity contribution in [2.75, 3.05) is 18.0 Å². The average Bonchev–Trinajstić information content (AvgIpc) is 2.26. The molecule has 0 amide bonds. The number of hydrogen-bond donors (Lipinski definition) is 0. The molecule has 18 heavy (non-hydrogen) atoms. The minimum atomic E-state index is -1.54. The van der Waals surface area contributed by atoms with Crippen LogP contribution in [0.15, 0.2) is 24.3 Å². The number of aliphatic carboxylic acids is 2. The van der Waals surface area contributed by atoms with E-state index in [0.717, 1.165) is 4.90 Å². The lowest BCUT2D eigenvalue weighted by Gasteiger charge is -2.28. The van der Waals surface area contributed by atoms with E-state index in [1.54, 1.807) is 0 Å². The summed E-state index contributed by atoms with van der Waals surface area (Å²) in [7, 11) is 0. The summed E-state index contributed by atoms with van der Waals surface area (Å²) in [5.74, 6) is -4.61. The minimum absolute atomic E-state index is 0.0779. The highest BCUT2D eigenvalue weighted by molar-refractivity contribution is 5.94. The zero-order valence-electron chi connectivity index (χ0n) is 9.12. The number of anilines is 1. The van der Waals surface area contributed by atoms with E-state index < -0.39 is 31.0 Å². The molecule has 0 radical (unpaired) electrons. The first-order valence-electron chi connectivity index (χ1n) is 4.87. The smallest absolute Gasteiger partial charge is 0.0736 e. The molecule has 0 saturated carbocycles. The molecule has 0 heterocycles. The fraction of sp³-hybridized carbons (Fsp3) is 0.182. The second kappa shape index (κ2) is 5.67. The number of carbonyl (C=O) groups excluding carboxylic acids is 3. The Labute approximate surface area is 102 Å². The Hall–Kier alpha value is -2.57. The number of rotatable bonds is 6. The van der Waals surface area contributed by atoms with E-state index in [1.165, 1.54) is 24.3 Å². The highest BCUT2D eigenvalue weighted by atomic mass is 16.4. The van der Waals surface area contributed by atoms with Crippen molar-refractivity contribution in [3.8, 4) is 0 Å². The molecule has 7 heteroatoms. The van der Waals surface area contributed by atoms with E-state index in [9.17, 15) is 29.7 Å². The Bertz CT molecular complexity index is 468. The summed E-state index contributed by atoms with van der Waals surface area (Å²) in [6.45, 7) is -1.53. The van der Waals surface area contributed by atoms with Gasteiger partial charge in [0.2, 0.25) is 0 Å². The molecule has 0 fully saturated rings. The van der Waals surface area contributed by atoms with Crippen LogP contribution in [0.1, 0.15) is 10.4 Å². The van der Waals surface area contributed by atoms with Gasteiger partial charge < -0.3 is 34.6 Å². The molecular formula is C11H8NO6-3. The maximum Gasteiger partial charge on any atom is 0.0736 e. The van der Waals surface area contributed by atoms with Crippen molar-refractivity contribution in [3.05, 3.63) is 29.8 Å². The van der Waals surface area contributed by atoms with Crippen LogP contribution in [0.4, 0.5) is 5.69 Å². The molecule has 0 spiro atoms. The maximum absolute atomic E-state index is 10.8. The van der Waals surface area contributed by atoms with E-state index in [4.69, 9.17) is 0 Å². The molecular weight excluding hydrogens is 242 g/mol. The predicted molar refractivity (Wildman–Crippen MR) is 53.0 cm³/mol. The largest absolute Gasteiger partial charge is 0.548 e. The van der Waals surface area contributed by atoms with E-state index >= 15 is 0 Å². The van der Waals surface area contributed by atoms with Gasteiger partial charge >= 0.3 is 0 Å². The first-order valence-corrected chi connectivity index (χ1v) is 4.87. The first kappa shape index (κ1) is 13.5. The molecule has 1 aromatic carbocycles. The van der Waals surface area contributed by atoms with Crippen LogP contribution in [-0.4, -0.2) is 31.0 Å². The van der Waals surface area contributed by atoms with Gasteiger partial charge in [0.1, 0.15) is 0 Å². The Morgan fingerprint density at radius 1 is 0.944 bits per heavy atom. The monoisotopic (exact) mass is 250 g/mol. The molecule has 7 nitrogen and oxygen atoms in total. The van der Waals surface area contributed by atoms with Crippen molar-refractivity contribution in [1.29, 1.82) is 0 Å². The Morgan fingerprint density at radius 3 is 1.89 bits per heavy atom. The van der Waals surface area contributed by atoms with Crippen LogP contribution in [0.2, 0.25) is 0 Å². The zero-order valence-corrected chi connectivity index (χ0v) is 9.12. The van der Waals surface area contributed by atoms with Gasteiger partial charge in [-0.15, -0.1) is 0 Å². The summed E-state index contributed by atoms with van der Waals surface area (Å²) in [4.78, 5) is 32.7. The number of aromatic carboxylic acids is 1. The van der Waals surface area contributed by atoms with Gasteiger partial charge in [0.05, 0.1) is 31.0 Å². The van der Waals surface area contributed by atoms with Crippen LogP contribution in [0, 0.1) is 0 Å². The third-order valence-electron chi connectivity index (χ3n) is 2.10. The second-order valence-corrected chi connectivity index (χ2v) is 3.40. The molecule has 0 aromatic heterocycles. The fourth-order valence-electron chi connectivity index (χ4n) is 1.46. The molecule has 0 aliphatic carbocycles. The van der Waals surface area contributed by atoms with Gasteiger partial charge in [0.25, 0.3) is 0 Å². The molecule has 0 bridgehead atoms. The van der Waals surface area contributed by atoms with Crippen LogP contribution in [0.25, 0.3) is 0 Å². The topological polar surface area (TPSA) is 124 Å². The van der Waals surface area contributed by atoms with Crippen molar-refractivity contribution >= 4 is 23.6 Å². The van der Waals surface area contributed by atoms with Crippen LogP contribution in [0.5, 0.6) is 0 Å². The lowest BCUT2D eigenvalue weighted by atomic mass is 10.1. The molecule has 1 aromatic rings. The second-order valence-electron chi connectivity index (χ2n) is 3.40. The molecule has 0 atom stereocenters. The number of carboxylic acids is 3. The van der Waals surface area contributed by atoms with E-state index in [1.807, 2.05) is 0 Å². The molecule has 96 valence electrons. The standard InChI is InChI=1S/C11H11NO6/c13-9(14)5-12(6-10(15)16)8-4-2-1-3-7(8)11(17)18/h1-4H,5-6H2,(H,13,14)(H,15,16)(H,17,18)/p-3. The number of carbonyl (C=O) groups is 3. The third kappa shape index (κ3) is 3.48. The van der Waals surface area contributed by atoms with Crippen molar-refractivity contribution in [3.63, 3.8) is 0 Å². The quantitative estimate of drug-likeness (QED) is 0.510. The highest BCUT2D eigenvalue weighted by Crippen LogP contribution is 2.19. The summed E-state index contributed by atoms with van der Waals surface area (Å²) < 4.78 is 0. The van der Waals surface area contributed by atoms with E-state index in [-0.39, 0.29) is 11.3 Å². The van der Waals surface area contributed by atoms with Gasteiger partial charge in [-0.2, -0.15) is 0 Å². The molecule has 1 rings (SSSR count). The lowest BCUT2D eigenvalue weighted by Crippen LogP contribution is -2.45. The molecule has 0 aliphatic heterocycles. The SMILES string of the molecule is O=C([O-])CN(CC(=O)[O-])c1ccccc1C(=O)[O-]. The number of hydrogen-bond acceptors (Lipinski definition) is 7. The summed E-state index contributed by atoms with van der Waals surface area (Å²) in [6, 6.07) is 5.31. The van der Waals surface area contributed by atoms with Crippen LogP contribution >= 0.6 is 0 Å². The first-order chi connectivity index (χ1) is 8.41. The predicted octanol–water partition coefficient (Wildman–Crippen LogP) is -3.64. The Morgan fingerprint density at radius 2 is 1.44 bits per heavy atom. The van der Waals surface area contributed by atoms with Gasteiger partial charge in [-0.1, -0.05) is 18.2 Å². The van der Waals surface area contributed by atoms with Crippen molar-refractivity contribution < 1.29 is 29.7 Å². The number of benzene rings is 1. The van der Waals surface area contributed by atoms with Crippen LogP contribution < -0.4 is 20.2 Å². The normalized spacial score (nSPS) is 9.78. The lowest BCUT2D eigenvalue weighted by molar-refractivity contribution is -0.304. The molecule has 0 aliphatic rings. The van der Waals surface area contributed by atoms with Crippen molar-refractivity contribution in [2.24, 2.45) is 0 Å². The fourth-order valence-corrected chi connectivity index (χ4v) is 1.46. The summed E-state index contributed by atoms with van der Waals surface area (Å²) in [5.41, 5.74) is -0.383. The summed E-state index contributed by atoms with van der Waals surface area (Å²) >= 11 is 0. The van der Waals surface area contributed by atoms with Crippen molar-refractivity contribution in [1.82, 2.24) is 0 Å². The van der Waals surface area contributed by atoms with Crippen molar-refractivity contribution in [2.45, 2.75) is 0 Å². The average molecular weight is 250 g/mol. The number of carboxylic acid groups (broad SMARTS) is 3. The maximum atomic E-state index is 10.8. The minimum Gasteiger partial charge on any atom is -0.548 e. The van der Waals surface area contributed by atoms with Gasteiger partial charge in [0.15, 0.2) is 0 Å². The Balaban J connectivity index is 3.15. The van der Waals surface area contributed by atoms with E-state index in [2.05, 4.69) is 0 Å². The third-order valence-corrected chi connectivity index (χ3v) is 2.10. The van der Waals surface area contributed by atoms with Crippen LogP contribution in [-0.2, 0) is 9.59 Å². The summed E-state index contributed by atoms with van der Waals surface area (Å²) in [5, 5.41) is 31.9. The zero-order chi connectivity index (χ0) is 13.7. The summed E-state index contributed by atoms with van der Waals surface area (Å²) in [6.07, 6.45) is 0. The van der Waals surface area contributed by atoms with Gasteiger partial charge in [-0.25, -0.2) is 0 Å². The number of nitrogens with zero attached hydrogens (tertiary/aromatic N) is 1. The molecule has 0 saturated heterocycles. The molecule has 0 unspecified atom stereocenters. The van der Waals surface area contributed by atoms with Gasteiger partial charge in [-0.3, -0.25) is 0 Å². The van der Waals surface area contributed by atoms with Gasteiger partial charge in [-0.05, 0) is 6.07 Å². The van der Waals surface area contributed by atoms with Crippen LogP contribution in [0.3, 0.4) is 0 Å². The highest BCUT2D eigenvalue weighted by Gasteiger charge is 2.12. The van der Waals surface area contributed by atoms with Gasteiger partial charge in [0, 0.05) is 11.3 Å². The number of para-hydroxylation sites is 1. The van der Waals surface area contributed by atoms with E-state index in [0.29, 0.717) is 0 Å². The Kier molecular flexibility index (Phi) is 4.25. The molecule has 0 N–H and O–H groups in total.